The van der Waals surface area contributed by atoms with Gasteiger partial charge in [-0.2, -0.15) is 17.6 Å². The van der Waals surface area contributed by atoms with Crippen LogP contribution in [0.2, 0.25) is 0 Å². The van der Waals surface area contributed by atoms with E-state index in [2.05, 4.69) is 9.47 Å². The normalized spacial score (nSPS) is 11.7. The Labute approximate surface area is 181 Å². The van der Waals surface area contributed by atoms with Gasteiger partial charge in [-0.3, -0.25) is 5.11 Å². The highest BCUT2D eigenvalue weighted by Crippen LogP contribution is 2.43. The molecule has 0 bridgehead atoms. The van der Waals surface area contributed by atoms with E-state index < -0.39 is 64.4 Å². The predicted molar refractivity (Wildman–Crippen MR) is 98.8 cm³/mol. The molecule has 3 rings (SSSR count). The molecule has 0 heterocycles. The molecule has 3 nitrogen and oxygen atoms in total. The molecule has 3 aromatic carbocycles. The van der Waals surface area contributed by atoms with Crippen molar-refractivity contribution in [2.75, 3.05) is 0 Å². The lowest BCUT2D eigenvalue weighted by Crippen LogP contribution is -2.25. The molecule has 0 aliphatic rings. The van der Waals surface area contributed by atoms with Crippen molar-refractivity contribution < 1.29 is 49.7 Å². The molecule has 0 spiro atoms. The molecule has 0 aromatic heterocycles. The first-order valence-corrected chi connectivity index (χ1v) is 9.24. The van der Waals surface area contributed by atoms with Crippen LogP contribution in [0.15, 0.2) is 42.5 Å². The molecular formula is C22H13F8O3. The van der Waals surface area contributed by atoms with Gasteiger partial charge in [0.05, 0.1) is 5.56 Å². The van der Waals surface area contributed by atoms with Gasteiger partial charge < -0.3 is 9.47 Å². The van der Waals surface area contributed by atoms with Crippen molar-refractivity contribution in [3.63, 3.8) is 0 Å². The smallest absolute Gasteiger partial charge is 0.429 e. The van der Waals surface area contributed by atoms with E-state index in [0.29, 0.717) is 6.42 Å². The first-order valence-electron chi connectivity index (χ1n) is 9.24. The highest BCUT2D eigenvalue weighted by Gasteiger charge is 2.43. The van der Waals surface area contributed by atoms with Crippen LogP contribution in [0.25, 0.3) is 11.1 Å². The first-order chi connectivity index (χ1) is 15.4. The summed E-state index contributed by atoms with van der Waals surface area (Å²) in [6, 6.07) is 5.85. The zero-order valence-corrected chi connectivity index (χ0v) is 16.6. The second-order valence-electron chi connectivity index (χ2n) is 6.68. The summed E-state index contributed by atoms with van der Waals surface area (Å²) in [7, 11) is 0. The fourth-order valence-electron chi connectivity index (χ4n) is 3.04. The van der Waals surface area contributed by atoms with Crippen molar-refractivity contribution in [3.8, 4) is 28.4 Å². The predicted octanol–water partition coefficient (Wildman–Crippen LogP) is 7.35. The van der Waals surface area contributed by atoms with Crippen LogP contribution in [0.3, 0.4) is 0 Å². The van der Waals surface area contributed by atoms with Crippen molar-refractivity contribution in [2.45, 2.75) is 26.1 Å². The number of aryl methyl sites for hydroxylation is 1. The maximum Gasteiger partial charge on any atom is 0.432 e. The van der Waals surface area contributed by atoms with Crippen LogP contribution < -0.4 is 9.47 Å². The molecule has 3 aromatic rings. The Morgan fingerprint density at radius 2 is 1.48 bits per heavy atom. The molecule has 175 valence electrons. The van der Waals surface area contributed by atoms with Crippen LogP contribution in [-0.4, -0.2) is 6.61 Å². The first kappa shape index (κ1) is 24.1. The van der Waals surface area contributed by atoms with Gasteiger partial charge in [0.1, 0.15) is 17.1 Å². The van der Waals surface area contributed by atoms with Gasteiger partial charge >= 0.3 is 12.7 Å². The van der Waals surface area contributed by atoms with E-state index in [1.165, 1.54) is 24.3 Å². The number of alkyl halides is 4. The van der Waals surface area contributed by atoms with Gasteiger partial charge in [0.15, 0.2) is 29.0 Å². The molecule has 0 amide bonds. The number of benzene rings is 3. The van der Waals surface area contributed by atoms with Gasteiger partial charge in [-0.25, -0.2) is 17.6 Å². The second kappa shape index (κ2) is 9.16. The summed E-state index contributed by atoms with van der Waals surface area (Å²) in [6.07, 6.45) is -4.26. The maximum absolute atomic E-state index is 15.0. The van der Waals surface area contributed by atoms with Crippen LogP contribution in [0.4, 0.5) is 35.1 Å². The van der Waals surface area contributed by atoms with Crippen molar-refractivity contribution in [3.05, 3.63) is 76.9 Å². The fourth-order valence-corrected chi connectivity index (χ4v) is 3.04. The highest BCUT2D eigenvalue weighted by atomic mass is 19.3. The molecule has 0 fully saturated rings. The average molecular weight is 477 g/mol. The van der Waals surface area contributed by atoms with Crippen LogP contribution in [0.1, 0.15) is 18.1 Å². The summed E-state index contributed by atoms with van der Waals surface area (Å²) in [6.45, 7) is -1.79. The largest absolute Gasteiger partial charge is 0.432 e. The van der Waals surface area contributed by atoms with Crippen LogP contribution in [0.5, 0.6) is 17.2 Å². The van der Waals surface area contributed by atoms with Gasteiger partial charge in [0.2, 0.25) is 0 Å². The molecule has 11 heteroatoms. The molecule has 0 aliphatic heterocycles. The molecule has 0 atom stereocenters. The highest BCUT2D eigenvalue weighted by molar-refractivity contribution is 5.72. The molecule has 0 aliphatic carbocycles. The van der Waals surface area contributed by atoms with E-state index in [1.54, 1.807) is 0 Å². The monoisotopic (exact) mass is 477 g/mol. The number of hydrogen-bond donors (Lipinski definition) is 0. The van der Waals surface area contributed by atoms with Crippen LogP contribution in [0, 0.1) is 23.3 Å². The Morgan fingerprint density at radius 3 is 2.00 bits per heavy atom. The zero-order chi connectivity index (χ0) is 24.5. The Kier molecular flexibility index (Phi) is 6.71. The summed E-state index contributed by atoms with van der Waals surface area (Å²) in [5, 5.41) is 12.1. The van der Waals surface area contributed by atoms with E-state index in [1.807, 2.05) is 6.92 Å². The minimum atomic E-state index is -4.86. The summed E-state index contributed by atoms with van der Waals surface area (Å²) < 4.78 is 118. The van der Waals surface area contributed by atoms with E-state index in [0.717, 1.165) is 5.56 Å². The van der Waals surface area contributed by atoms with Crippen LogP contribution in [-0.2, 0) is 17.6 Å². The Morgan fingerprint density at radius 1 is 0.909 bits per heavy atom. The summed E-state index contributed by atoms with van der Waals surface area (Å²) >= 11 is 0. The molecule has 0 N–H and O–H groups in total. The lowest BCUT2D eigenvalue weighted by molar-refractivity contribution is -0.189. The molecular weight excluding hydrogens is 464 g/mol. The maximum atomic E-state index is 15.0. The minimum Gasteiger partial charge on any atom is -0.429 e. The van der Waals surface area contributed by atoms with E-state index in [4.69, 9.17) is 0 Å². The molecule has 0 saturated carbocycles. The standard InChI is InChI=1S/C22H13F8O3/c1-2-10-3-5-11(6-4-10)17-16(31)9-13(23)18(19(17)26)22(29,30)33-12-7-14(24)20(15(25)8-12)32-21(27)28/h3-9,21H,2H2,1H3. The minimum absolute atomic E-state index is 0.0663. The van der Waals surface area contributed by atoms with Crippen molar-refractivity contribution in [1.29, 1.82) is 0 Å². The number of ether oxygens (including phenoxy) is 2. The average Bonchev–Trinajstić information content (AvgIpc) is 2.70. The van der Waals surface area contributed by atoms with Crippen LogP contribution >= 0.6 is 0 Å². The Bertz CT molecular complexity index is 1140. The topological polar surface area (TPSA) is 38.4 Å². The third kappa shape index (κ3) is 4.96. The van der Waals surface area contributed by atoms with Gasteiger partial charge in [-0.1, -0.05) is 31.2 Å². The van der Waals surface area contributed by atoms with E-state index in [9.17, 15) is 40.2 Å². The molecule has 1 radical (unpaired) electrons. The van der Waals surface area contributed by atoms with E-state index in [-0.39, 0.29) is 23.8 Å². The lowest BCUT2D eigenvalue weighted by atomic mass is 9.98. The molecule has 0 saturated heterocycles. The van der Waals surface area contributed by atoms with Crippen molar-refractivity contribution >= 4 is 0 Å². The van der Waals surface area contributed by atoms with Gasteiger partial charge in [-0.05, 0) is 17.5 Å². The van der Waals surface area contributed by atoms with Gasteiger partial charge in [0, 0.05) is 18.2 Å². The second-order valence-corrected chi connectivity index (χ2v) is 6.68. The SMILES string of the molecule is CCc1ccc(-c2c([O])cc(F)c(C(F)(F)Oc3cc(F)c(OC(F)F)c(F)c3)c2F)cc1. The zero-order valence-electron chi connectivity index (χ0n) is 16.6. The van der Waals surface area contributed by atoms with Gasteiger partial charge in [-0.15, -0.1) is 0 Å². The number of halogens is 8. The summed E-state index contributed by atoms with van der Waals surface area (Å²) in [4.78, 5) is 0. The molecule has 0 unspecified atom stereocenters. The third-order valence-corrected chi connectivity index (χ3v) is 4.55. The summed E-state index contributed by atoms with van der Waals surface area (Å²) in [5.74, 6) is -11.6. The van der Waals surface area contributed by atoms with Gasteiger partial charge in [0.25, 0.3) is 0 Å². The Hall–Kier alpha value is -3.50. The third-order valence-electron chi connectivity index (χ3n) is 4.55. The van der Waals surface area contributed by atoms with Crippen molar-refractivity contribution in [2.24, 2.45) is 0 Å². The molecule has 33 heavy (non-hydrogen) atoms. The quantitative estimate of drug-likeness (QED) is 0.334. The Balaban J connectivity index is 2.04. The number of hydrogen-bond acceptors (Lipinski definition) is 2. The summed E-state index contributed by atoms with van der Waals surface area (Å²) in [5.41, 5.74) is -2.16. The fraction of sp³-hybridized carbons (Fsp3) is 0.182. The van der Waals surface area contributed by atoms with Crippen molar-refractivity contribution in [1.82, 2.24) is 0 Å². The lowest BCUT2D eigenvalue weighted by Gasteiger charge is -2.21. The number of rotatable bonds is 7. The van der Waals surface area contributed by atoms with E-state index >= 15 is 0 Å².